The summed E-state index contributed by atoms with van der Waals surface area (Å²) in [5.41, 5.74) is 1.05. The van der Waals surface area contributed by atoms with Crippen LogP contribution in [0, 0.1) is 6.92 Å². The summed E-state index contributed by atoms with van der Waals surface area (Å²) in [6, 6.07) is 0.343. The summed E-state index contributed by atoms with van der Waals surface area (Å²) in [6.07, 6.45) is 6.19. The zero-order valence-corrected chi connectivity index (χ0v) is 13.2. The molecule has 6 heteroatoms. The fraction of sp³-hybridized carbons (Fsp3) is 0.667. The third-order valence-electron chi connectivity index (χ3n) is 3.78. The smallest absolute Gasteiger partial charge is 0.222 e. The minimum absolute atomic E-state index is 0.286. The number of nitrogens with one attached hydrogen (secondary N) is 1. The first kappa shape index (κ1) is 15.7. The molecule has 0 spiro atoms. The second kappa shape index (κ2) is 7.36. The molecule has 2 rings (SSSR count). The maximum absolute atomic E-state index is 11.9. The van der Waals surface area contributed by atoms with Crippen molar-refractivity contribution in [3.05, 3.63) is 18.0 Å². The lowest BCUT2D eigenvalue weighted by Crippen LogP contribution is -2.39. The maximum Gasteiger partial charge on any atom is 0.222 e. The van der Waals surface area contributed by atoms with Gasteiger partial charge in [0.1, 0.15) is 0 Å². The van der Waals surface area contributed by atoms with Gasteiger partial charge in [0, 0.05) is 44.5 Å². The van der Waals surface area contributed by atoms with Crippen LogP contribution >= 0.6 is 0 Å². The van der Waals surface area contributed by atoms with Crippen molar-refractivity contribution in [2.45, 2.75) is 32.2 Å². The molecule has 0 unspecified atom stereocenters. The molecule has 2 heterocycles. The van der Waals surface area contributed by atoms with E-state index in [1.807, 2.05) is 25.9 Å². The SMILES string of the molecule is Cc1cnc(NCC[C@H]2CCC(=O)N2CCN(C)C)nc1. The molecule has 1 amide bonds. The van der Waals surface area contributed by atoms with E-state index < -0.39 is 0 Å². The van der Waals surface area contributed by atoms with Gasteiger partial charge in [0.05, 0.1) is 0 Å². The highest BCUT2D eigenvalue weighted by molar-refractivity contribution is 5.78. The van der Waals surface area contributed by atoms with Crippen LogP contribution in [0.4, 0.5) is 5.95 Å². The number of rotatable bonds is 7. The molecule has 6 nitrogen and oxygen atoms in total. The number of carbonyl (C=O) groups is 1. The number of likely N-dealkylation sites (tertiary alicyclic amines) is 1. The average Bonchev–Trinajstić information content (AvgIpc) is 2.79. The molecule has 0 saturated carbocycles. The topological polar surface area (TPSA) is 61.4 Å². The Labute approximate surface area is 126 Å². The Morgan fingerprint density at radius 3 is 2.76 bits per heavy atom. The normalized spacial score (nSPS) is 18.6. The second-order valence-corrected chi connectivity index (χ2v) is 5.88. The van der Waals surface area contributed by atoms with Gasteiger partial charge < -0.3 is 15.1 Å². The highest BCUT2D eigenvalue weighted by Gasteiger charge is 2.29. The molecule has 1 aromatic heterocycles. The van der Waals surface area contributed by atoms with E-state index in [9.17, 15) is 4.79 Å². The number of aryl methyl sites for hydroxylation is 1. The van der Waals surface area contributed by atoms with Crippen molar-refractivity contribution in [1.82, 2.24) is 19.8 Å². The Bertz CT molecular complexity index is 460. The third-order valence-corrected chi connectivity index (χ3v) is 3.78. The summed E-state index contributed by atoms with van der Waals surface area (Å²) in [7, 11) is 4.07. The van der Waals surface area contributed by atoms with E-state index in [-0.39, 0.29) is 5.91 Å². The first-order valence-corrected chi connectivity index (χ1v) is 7.53. The minimum atomic E-state index is 0.286. The molecule has 1 N–H and O–H groups in total. The average molecular weight is 291 g/mol. The fourth-order valence-electron chi connectivity index (χ4n) is 2.54. The van der Waals surface area contributed by atoms with Crippen molar-refractivity contribution >= 4 is 11.9 Å². The van der Waals surface area contributed by atoms with E-state index >= 15 is 0 Å². The van der Waals surface area contributed by atoms with Crippen molar-refractivity contribution in [2.24, 2.45) is 0 Å². The number of nitrogens with zero attached hydrogens (tertiary/aromatic N) is 4. The molecular formula is C15H25N5O. The highest BCUT2D eigenvalue weighted by Crippen LogP contribution is 2.21. The van der Waals surface area contributed by atoms with Gasteiger partial charge in [-0.05, 0) is 39.4 Å². The molecule has 1 aromatic rings. The predicted octanol–water partition coefficient (Wildman–Crippen LogP) is 1.14. The fourth-order valence-corrected chi connectivity index (χ4v) is 2.54. The molecular weight excluding hydrogens is 266 g/mol. The summed E-state index contributed by atoms with van der Waals surface area (Å²) in [6.45, 7) is 4.49. The lowest BCUT2D eigenvalue weighted by atomic mass is 10.1. The van der Waals surface area contributed by atoms with Gasteiger partial charge in [-0.15, -0.1) is 0 Å². The number of carbonyl (C=O) groups excluding carboxylic acids is 1. The monoisotopic (exact) mass is 291 g/mol. The molecule has 1 saturated heterocycles. The van der Waals surface area contributed by atoms with Crippen LogP contribution in [-0.4, -0.2) is 65.4 Å². The van der Waals surface area contributed by atoms with Gasteiger partial charge >= 0.3 is 0 Å². The largest absolute Gasteiger partial charge is 0.354 e. The quantitative estimate of drug-likeness (QED) is 0.816. The number of anilines is 1. The molecule has 0 radical (unpaired) electrons. The Hall–Kier alpha value is -1.69. The van der Waals surface area contributed by atoms with E-state index in [1.54, 1.807) is 12.4 Å². The van der Waals surface area contributed by atoms with Gasteiger partial charge in [-0.25, -0.2) is 9.97 Å². The van der Waals surface area contributed by atoms with Crippen LogP contribution in [-0.2, 0) is 4.79 Å². The van der Waals surface area contributed by atoms with Crippen LogP contribution in [0.15, 0.2) is 12.4 Å². The predicted molar refractivity (Wildman–Crippen MR) is 83.2 cm³/mol. The summed E-state index contributed by atoms with van der Waals surface area (Å²) < 4.78 is 0. The lowest BCUT2D eigenvalue weighted by molar-refractivity contribution is -0.129. The van der Waals surface area contributed by atoms with Crippen LogP contribution in [0.1, 0.15) is 24.8 Å². The van der Waals surface area contributed by atoms with E-state index in [1.165, 1.54) is 0 Å². The van der Waals surface area contributed by atoms with Crippen molar-refractivity contribution in [1.29, 1.82) is 0 Å². The van der Waals surface area contributed by atoms with Crippen LogP contribution in [0.5, 0.6) is 0 Å². The Morgan fingerprint density at radius 2 is 2.10 bits per heavy atom. The van der Waals surface area contributed by atoms with Gasteiger partial charge in [0.25, 0.3) is 0 Å². The molecule has 0 aromatic carbocycles. The standard InChI is InChI=1S/C15H25N5O/c1-12-10-17-15(18-11-12)16-7-6-13-4-5-14(21)20(13)9-8-19(2)3/h10-11,13H,4-9H2,1-3H3,(H,16,17,18)/t13-/m1/s1. The molecule has 1 aliphatic heterocycles. The first-order chi connectivity index (χ1) is 10.1. The van der Waals surface area contributed by atoms with Gasteiger partial charge in [-0.2, -0.15) is 0 Å². The number of hydrogen-bond donors (Lipinski definition) is 1. The molecule has 0 aliphatic carbocycles. The van der Waals surface area contributed by atoms with E-state index in [2.05, 4.69) is 20.2 Å². The van der Waals surface area contributed by atoms with E-state index in [4.69, 9.17) is 0 Å². The summed E-state index contributed by atoms with van der Waals surface area (Å²) in [5.74, 6) is 0.943. The lowest BCUT2D eigenvalue weighted by Gasteiger charge is -2.26. The molecule has 1 aliphatic rings. The number of amides is 1. The summed E-state index contributed by atoms with van der Waals surface area (Å²) in [4.78, 5) is 24.5. The molecule has 1 atom stereocenters. The number of hydrogen-bond acceptors (Lipinski definition) is 5. The number of aromatic nitrogens is 2. The van der Waals surface area contributed by atoms with Gasteiger partial charge in [-0.3, -0.25) is 4.79 Å². The third kappa shape index (κ3) is 4.67. The van der Waals surface area contributed by atoms with Crippen LogP contribution in [0.2, 0.25) is 0 Å². The van der Waals surface area contributed by atoms with Gasteiger partial charge in [-0.1, -0.05) is 0 Å². The minimum Gasteiger partial charge on any atom is -0.354 e. The number of likely N-dealkylation sites (N-methyl/N-ethyl adjacent to an activating group) is 1. The Morgan fingerprint density at radius 1 is 1.38 bits per heavy atom. The van der Waals surface area contributed by atoms with Crippen molar-refractivity contribution in [3.63, 3.8) is 0 Å². The Balaban J connectivity index is 1.78. The van der Waals surface area contributed by atoms with E-state index in [0.29, 0.717) is 18.4 Å². The van der Waals surface area contributed by atoms with E-state index in [0.717, 1.165) is 38.0 Å². The van der Waals surface area contributed by atoms with Crippen molar-refractivity contribution in [2.75, 3.05) is 39.0 Å². The zero-order chi connectivity index (χ0) is 15.2. The van der Waals surface area contributed by atoms with Crippen LogP contribution in [0.25, 0.3) is 0 Å². The Kier molecular flexibility index (Phi) is 5.50. The first-order valence-electron chi connectivity index (χ1n) is 7.53. The molecule has 1 fully saturated rings. The van der Waals surface area contributed by atoms with Gasteiger partial charge in [0.2, 0.25) is 11.9 Å². The molecule has 116 valence electrons. The van der Waals surface area contributed by atoms with Gasteiger partial charge in [0.15, 0.2) is 0 Å². The zero-order valence-electron chi connectivity index (χ0n) is 13.2. The van der Waals surface area contributed by atoms with Crippen molar-refractivity contribution < 1.29 is 4.79 Å². The highest BCUT2D eigenvalue weighted by atomic mass is 16.2. The van der Waals surface area contributed by atoms with Crippen LogP contribution in [0.3, 0.4) is 0 Å². The molecule has 0 bridgehead atoms. The summed E-state index contributed by atoms with van der Waals surface area (Å²) >= 11 is 0. The van der Waals surface area contributed by atoms with Crippen LogP contribution < -0.4 is 5.32 Å². The summed E-state index contributed by atoms with van der Waals surface area (Å²) in [5, 5.41) is 3.23. The van der Waals surface area contributed by atoms with Crippen molar-refractivity contribution in [3.8, 4) is 0 Å². The second-order valence-electron chi connectivity index (χ2n) is 5.88. The molecule has 21 heavy (non-hydrogen) atoms. The maximum atomic E-state index is 11.9.